The molecule has 1 aliphatic carbocycles. The van der Waals surface area contributed by atoms with Crippen LogP contribution >= 0.6 is 11.8 Å². The van der Waals surface area contributed by atoms with E-state index >= 15 is 0 Å². The number of nitrogens with zero attached hydrogens (tertiary/aromatic N) is 2. The highest BCUT2D eigenvalue weighted by Crippen LogP contribution is 2.40. The number of thioether (sulfide) groups is 1. The van der Waals surface area contributed by atoms with Crippen LogP contribution in [-0.4, -0.2) is 28.8 Å². The number of ether oxygens (including phenoxy) is 2. The van der Waals surface area contributed by atoms with Gasteiger partial charge in [-0.3, -0.25) is 9.69 Å². The van der Waals surface area contributed by atoms with E-state index in [-0.39, 0.29) is 18.7 Å². The van der Waals surface area contributed by atoms with Crippen LogP contribution in [0.1, 0.15) is 50.2 Å². The van der Waals surface area contributed by atoms with Gasteiger partial charge in [-0.15, -0.1) is 0 Å². The summed E-state index contributed by atoms with van der Waals surface area (Å²) >= 11 is 1.48. The maximum absolute atomic E-state index is 13.5. The van der Waals surface area contributed by atoms with E-state index in [1.54, 1.807) is 0 Å². The number of hydrogen-bond donors (Lipinski definition) is 0. The standard InChI is InChI=1S/C25H26N2O3S/c1-2-18-8-6-7-11-20(18)26-25-27(19-9-4-3-5-10-19)24(28)23(31-25)15-17-12-13-21-22(14-17)30-16-29-21/h6-8,11-15,19H,2-5,9-10,16H2,1H3/b23-15-,26-25?. The van der Waals surface area contributed by atoms with Crippen molar-refractivity contribution in [3.8, 4) is 11.5 Å². The molecule has 0 radical (unpaired) electrons. The van der Waals surface area contributed by atoms with Crippen molar-refractivity contribution in [1.82, 2.24) is 4.90 Å². The highest BCUT2D eigenvalue weighted by molar-refractivity contribution is 8.18. The summed E-state index contributed by atoms with van der Waals surface area (Å²) in [7, 11) is 0. The van der Waals surface area contributed by atoms with Gasteiger partial charge < -0.3 is 9.47 Å². The summed E-state index contributed by atoms with van der Waals surface area (Å²) in [6.45, 7) is 2.38. The van der Waals surface area contributed by atoms with Crippen LogP contribution in [0.5, 0.6) is 11.5 Å². The molecule has 0 unspecified atom stereocenters. The Bertz CT molecular complexity index is 1060. The molecule has 1 amide bonds. The van der Waals surface area contributed by atoms with Crippen LogP contribution in [0.4, 0.5) is 5.69 Å². The number of amidine groups is 1. The van der Waals surface area contributed by atoms with Crippen molar-refractivity contribution in [3.05, 3.63) is 58.5 Å². The molecular weight excluding hydrogens is 408 g/mol. The van der Waals surface area contributed by atoms with Crippen molar-refractivity contribution >= 4 is 34.6 Å². The molecule has 0 aromatic heterocycles. The molecule has 5 rings (SSSR count). The summed E-state index contributed by atoms with van der Waals surface area (Å²) in [6, 6.07) is 14.2. The number of aryl methyl sites for hydroxylation is 1. The Balaban J connectivity index is 1.51. The lowest BCUT2D eigenvalue weighted by molar-refractivity contribution is -0.124. The first-order valence-electron chi connectivity index (χ1n) is 11.0. The van der Waals surface area contributed by atoms with Gasteiger partial charge in [0.2, 0.25) is 6.79 Å². The van der Waals surface area contributed by atoms with Gasteiger partial charge in [0.05, 0.1) is 10.6 Å². The second-order valence-corrected chi connectivity index (χ2v) is 9.08. The first-order valence-corrected chi connectivity index (χ1v) is 11.8. The average molecular weight is 435 g/mol. The Kier molecular flexibility index (Phi) is 5.72. The van der Waals surface area contributed by atoms with E-state index in [9.17, 15) is 4.79 Å². The lowest BCUT2D eigenvalue weighted by Gasteiger charge is -2.30. The SMILES string of the molecule is CCc1ccccc1N=C1S/C(=C\c2ccc3c(c2)OCO3)C(=O)N1C1CCCCC1. The fourth-order valence-electron chi connectivity index (χ4n) is 4.40. The van der Waals surface area contributed by atoms with Crippen LogP contribution in [-0.2, 0) is 11.2 Å². The van der Waals surface area contributed by atoms with E-state index in [1.165, 1.54) is 36.6 Å². The second kappa shape index (κ2) is 8.79. The number of para-hydroxylation sites is 1. The Labute approximate surface area is 187 Å². The van der Waals surface area contributed by atoms with Crippen LogP contribution in [0, 0.1) is 0 Å². The second-order valence-electron chi connectivity index (χ2n) is 8.07. The van der Waals surface area contributed by atoms with Crippen LogP contribution in [0.3, 0.4) is 0 Å². The third-order valence-corrected chi connectivity index (χ3v) is 7.04. The van der Waals surface area contributed by atoms with Crippen molar-refractivity contribution in [2.75, 3.05) is 6.79 Å². The topological polar surface area (TPSA) is 51.1 Å². The van der Waals surface area contributed by atoms with Gasteiger partial charge in [-0.1, -0.05) is 50.5 Å². The molecule has 31 heavy (non-hydrogen) atoms. The molecule has 2 aromatic rings. The van der Waals surface area contributed by atoms with Crippen LogP contribution in [0.2, 0.25) is 0 Å². The number of fused-ring (bicyclic) bond motifs is 1. The Morgan fingerprint density at radius 1 is 1.10 bits per heavy atom. The first kappa shape index (κ1) is 20.2. The number of benzene rings is 2. The van der Waals surface area contributed by atoms with Gasteiger partial charge in [-0.25, -0.2) is 4.99 Å². The molecule has 2 aromatic carbocycles. The maximum atomic E-state index is 13.5. The Hall–Kier alpha value is -2.73. The van der Waals surface area contributed by atoms with Gasteiger partial charge in [0, 0.05) is 6.04 Å². The number of aliphatic imine (C=N–C) groups is 1. The zero-order valence-electron chi connectivity index (χ0n) is 17.7. The maximum Gasteiger partial charge on any atom is 0.267 e. The van der Waals surface area contributed by atoms with E-state index in [2.05, 4.69) is 13.0 Å². The van der Waals surface area contributed by atoms with Crippen LogP contribution in [0.25, 0.3) is 6.08 Å². The van der Waals surface area contributed by atoms with Crippen molar-refractivity contribution in [3.63, 3.8) is 0 Å². The Morgan fingerprint density at radius 3 is 2.74 bits per heavy atom. The minimum absolute atomic E-state index is 0.0577. The summed E-state index contributed by atoms with van der Waals surface area (Å²) in [4.78, 5) is 21.1. The van der Waals surface area contributed by atoms with Crippen molar-refractivity contribution in [1.29, 1.82) is 0 Å². The molecule has 6 heteroatoms. The van der Waals surface area contributed by atoms with Crippen LogP contribution in [0.15, 0.2) is 52.4 Å². The van der Waals surface area contributed by atoms with E-state index in [0.717, 1.165) is 47.2 Å². The highest BCUT2D eigenvalue weighted by atomic mass is 32.2. The third kappa shape index (κ3) is 4.09. The van der Waals surface area contributed by atoms with Crippen LogP contribution < -0.4 is 9.47 Å². The number of carbonyl (C=O) groups excluding carboxylic acids is 1. The minimum atomic E-state index is 0.0577. The fourth-order valence-corrected chi connectivity index (χ4v) is 5.45. The van der Waals surface area contributed by atoms with E-state index in [0.29, 0.717) is 4.91 Å². The van der Waals surface area contributed by atoms with Crippen molar-refractivity contribution < 1.29 is 14.3 Å². The quantitative estimate of drug-likeness (QED) is 0.561. The molecule has 0 bridgehead atoms. The molecule has 2 heterocycles. The largest absolute Gasteiger partial charge is 0.454 e. The lowest BCUT2D eigenvalue weighted by Crippen LogP contribution is -2.40. The normalized spacial score (nSPS) is 21.5. The molecule has 2 fully saturated rings. The van der Waals surface area contributed by atoms with E-state index < -0.39 is 0 Å². The number of carbonyl (C=O) groups is 1. The van der Waals surface area contributed by atoms with Gasteiger partial charge >= 0.3 is 0 Å². The molecule has 2 aliphatic heterocycles. The predicted octanol–water partition coefficient (Wildman–Crippen LogP) is 5.91. The Morgan fingerprint density at radius 2 is 1.90 bits per heavy atom. The third-order valence-electron chi connectivity index (χ3n) is 6.06. The summed E-state index contributed by atoms with van der Waals surface area (Å²) < 4.78 is 10.9. The first-order chi connectivity index (χ1) is 15.2. The molecular formula is C25H26N2O3S. The summed E-state index contributed by atoms with van der Waals surface area (Å²) in [5.41, 5.74) is 3.07. The summed E-state index contributed by atoms with van der Waals surface area (Å²) in [6.07, 6.45) is 8.51. The van der Waals surface area contributed by atoms with E-state index in [4.69, 9.17) is 14.5 Å². The van der Waals surface area contributed by atoms with Crippen molar-refractivity contribution in [2.24, 2.45) is 4.99 Å². The molecule has 3 aliphatic rings. The number of hydrogen-bond acceptors (Lipinski definition) is 5. The molecule has 1 saturated carbocycles. The average Bonchev–Trinajstić information content (AvgIpc) is 3.39. The fraction of sp³-hybridized carbons (Fsp3) is 0.360. The van der Waals surface area contributed by atoms with Crippen molar-refractivity contribution in [2.45, 2.75) is 51.5 Å². The van der Waals surface area contributed by atoms with E-state index in [1.807, 2.05) is 47.4 Å². The van der Waals surface area contributed by atoms with Gasteiger partial charge in [-0.2, -0.15) is 0 Å². The van der Waals surface area contributed by atoms with Gasteiger partial charge in [0.25, 0.3) is 5.91 Å². The highest BCUT2D eigenvalue weighted by Gasteiger charge is 2.38. The molecule has 0 atom stereocenters. The van der Waals surface area contributed by atoms with Gasteiger partial charge in [-0.05, 0) is 66.4 Å². The number of rotatable bonds is 4. The number of amides is 1. The monoisotopic (exact) mass is 434 g/mol. The molecule has 0 N–H and O–H groups in total. The molecule has 5 nitrogen and oxygen atoms in total. The molecule has 160 valence electrons. The zero-order chi connectivity index (χ0) is 21.2. The smallest absolute Gasteiger partial charge is 0.267 e. The lowest BCUT2D eigenvalue weighted by atomic mass is 9.94. The molecule has 0 spiro atoms. The minimum Gasteiger partial charge on any atom is -0.454 e. The van der Waals surface area contributed by atoms with Gasteiger partial charge in [0.1, 0.15) is 0 Å². The predicted molar refractivity (Wildman–Crippen MR) is 125 cm³/mol. The summed E-state index contributed by atoms with van der Waals surface area (Å²) in [5.74, 6) is 1.52. The summed E-state index contributed by atoms with van der Waals surface area (Å²) in [5, 5.41) is 0.796. The molecule has 1 saturated heterocycles. The zero-order valence-corrected chi connectivity index (χ0v) is 18.5. The van der Waals surface area contributed by atoms with Gasteiger partial charge in [0.15, 0.2) is 16.7 Å².